The molecular weight excluding hydrogens is 516 g/mol. The van der Waals surface area contributed by atoms with E-state index >= 15 is 0 Å². The molecule has 3 amide bonds. The summed E-state index contributed by atoms with van der Waals surface area (Å²) in [5.74, 6) is 1.40. The van der Waals surface area contributed by atoms with Gasteiger partial charge in [0.25, 0.3) is 5.91 Å². The molecule has 0 bridgehead atoms. The van der Waals surface area contributed by atoms with E-state index < -0.39 is 15.6 Å². The van der Waals surface area contributed by atoms with Gasteiger partial charge in [0.05, 0.1) is 6.54 Å². The largest absolute Gasteiger partial charge is 0.312 e. The summed E-state index contributed by atoms with van der Waals surface area (Å²) >= 11 is 0. The molecule has 1 aliphatic carbocycles. The van der Waals surface area contributed by atoms with Gasteiger partial charge < -0.3 is 5.32 Å². The minimum atomic E-state index is -3.69. The zero-order valence-electron chi connectivity index (χ0n) is 23.0. The number of aryl methyl sites for hydroxylation is 2. The van der Waals surface area contributed by atoms with Crippen LogP contribution in [0.4, 0.5) is 0 Å². The first kappa shape index (κ1) is 27.7. The maximum atomic E-state index is 13.2. The Morgan fingerprint density at radius 3 is 2.18 bits per heavy atom. The summed E-state index contributed by atoms with van der Waals surface area (Å²) in [6.07, 6.45) is 7.23. The van der Waals surface area contributed by atoms with Gasteiger partial charge in [-0.05, 0) is 73.8 Å². The molecule has 0 aromatic heterocycles. The molecule has 9 nitrogen and oxygen atoms in total. The van der Waals surface area contributed by atoms with Gasteiger partial charge in [0.15, 0.2) is 0 Å². The van der Waals surface area contributed by atoms with Gasteiger partial charge in [-0.25, -0.2) is 8.42 Å². The Bertz CT molecular complexity index is 1310. The second-order valence-electron chi connectivity index (χ2n) is 11.7. The van der Waals surface area contributed by atoms with Crippen LogP contribution in [0, 0.1) is 25.7 Å². The van der Waals surface area contributed by atoms with Crippen LogP contribution >= 0.6 is 0 Å². The molecule has 3 aliphatic heterocycles. The summed E-state index contributed by atoms with van der Waals surface area (Å²) in [7, 11) is -3.69. The Hall–Kier alpha value is -2.85. The number of carbonyl (C=O) groups excluding carboxylic acids is 3. The van der Waals surface area contributed by atoms with E-state index in [2.05, 4.69) is 12.2 Å². The zero-order valence-corrected chi connectivity index (χ0v) is 23.8. The quantitative estimate of drug-likeness (QED) is 0.541. The van der Waals surface area contributed by atoms with E-state index in [0.29, 0.717) is 24.7 Å². The number of amides is 3. The third-order valence-electron chi connectivity index (χ3n) is 8.87. The van der Waals surface area contributed by atoms with Gasteiger partial charge in [0.2, 0.25) is 21.8 Å². The first-order valence-electron chi connectivity index (χ1n) is 14.0. The number of hydrogen-bond acceptors (Lipinski definition) is 6. The van der Waals surface area contributed by atoms with Crippen LogP contribution in [0.2, 0.25) is 0 Å². The van der Waals surface area contributed by atoms with Crippen molar-refractivity contribution >= 4 is 39.7 Å². The van der Waals surface area contributed by atoms with Crippen molar-refractivity contribution in [3.05, 3.63) is 39.8 Å². The number of aliphatic imine (C=N–C) groups is 1. The molecule has 10 heteroatoms. The number of benzene rings is 1. The fourth-order valence-corrected chi connectivity index (χ4v) is 7.53. The minimum Gasteiger partial charge on any atom is -0.312 e. The van der Waals surface area contributed by atoms with Crippen molar-refractivity contribution in [3.8, 4) is 0 Å². The predicted molar refractivity (Wildman–Crippen MR) is 149 cm³/mol. The maximum absolute atomic E-state index is 13.2. The Labute approximate surface area is 230 Å². The fourth-order valence-electron chi connectivity index (χ4n) is 6.36. The SMILES string of the molecule is Cc1cc(CN2C(=O)CCC2=O)cc(C)c1/C=C/S(=O)(=O)N1CCC2(CC1)N=C(C1CCC(C)CC1)NC2=O. The molecule has 0 unspecified atom stereocenters. The Morgan fingerprint density at radius 1 is 1.00 bits per heavy atom. The van der Waals surface area contributed by atoms with Gasteiger partial charge in [-0.1, -0.05) is 31.9 Å². The second-order valence-corrected chi connectivity index (χ2v) is 13.5. The fraction of sp³-hybridized carbons (Fsp3) is 0.586. The molecule has 1 spiro atoms. The Morgan fingerprint density at radius 2 is 1.59 bits per heavy atom. The van der Waals surface area contributed by atoms with Crippen LogP contribution in [-0.4, -0.2) is 59.8 Å². The molecule has 39 heavy (non-hydrogen) atoms. The molecule has 4 aliphatic rings. The number of amidine groups is 1. The number of hydrogen-bond donors (Lipinski definition) is 1. The van der Waals surface area contributed by atoms with Crippen molar-refractivity contribution in [2.75, 3.05) is 13.1 Å². The molecule has 0 radical (unpaired) electrons. The number of imide groups is 1. The lowest BCUT2D eigenvalue weighted by molar-refractivity contribution is -0.139. The van der Waals surface area contributed by atoms with E-state index in [0.717, 1.165) is 53.8 Å². The van der Waals surface area contributed by atoms with Crippen LogP contribution in [0.5, 0.6) is 0 Å². The number of sulfonamides is 1. The number of nitrogens with one attached hydrogen (secondary N) is 1. The molecule has 1 saturated carbocycles. The molecule has 1 N–H and O–H groups in total. The molecule has 2 saturated heterocycles. The summed E-state index contributed by atoms with van der Waals surface area (Å²) < 4.78 is 27.8. The average molecular weight is 555 g/mol. The normalized spacial score (nSPS) is 26.1. The molecule has 1 aromatic rings. The smallest absolute Gasteiger partial charge is 0.253 e. The number of nitrogens with zero attached hydrogens (tertiary/aromatic N) is 3. The monoisotopic (exact) mass is 554 g/mol. The topological polar surface area (TPSA) is 116 Å². The summed E-state index contributed by atoms with van der Waals surface area (Å²) in [6, 6.07) is 3.79. The van der Waals surface area contributed by atoms with Gasteiger partial charge in [0.1, 0.15) is 11.4 Å². The third-order valence-corrected chi connectivity index (χ3v) is 10.4. The summed E-state index contributed by atoms with van der Waals surface area (Å²) in [5, 5.41) is 4.27. The van der Waals surface area contributed by atoms with Crippen molar-refractivity contribution < 1.29 is 22.8 Å². The third kappa shape index (κ3) is 5.59. The zero-order chi connectivity index (χ0) is 27.9. The highest BCUT2D eigenvalue weighted by Gasteiger charge is 2.48. The standard InChI is InChI=1S/C29H38N4O5S/c1-19-4-6-23(7-5-19)27-30-28(36)29(31-27)11-13-32(14-12-29)39(37,38)15-10-24-20(2)16-22(17-21(24)3)18-33-25(34)8-9-26(33)35/h10,15-17,19,23H,4-9,11-14,18H2,1-3H3,(H,30,31,36)/b15-10+. The first-order valence-corrected chi connectivity index (χ1v) is 15.5. The highest BCUT2D eigenvalue weighted by atomic mass is 32.2. The van der Waals surface area contributed by atoms with Crippen molar-refractivity contribution in [1.82, 2.24) is 14.5 Å². The van der Waals surface area contributed by atoms with Crippen molar-refractivity contribution in [2.45, 2.75) is 84.2 Å². The molecule has 210 valence electrons. The molecule has 3 fully saturated rings. The molecule has 5 rings (SSSR count). The van der Waals surface area contributed by atoms with E-state index in [1.54, 1.807) is 6.08 Å². The van der Waals surface area contributed by atoms with Crippen LogP contribution in [0.3, 0.4) is 0 Å². The van der Waals surface area contributed by atoms with E-state index in [1.165, 1.54) is 14.6 Å². The van der Waals surface area contributed by atoms with Crippen molar-refractivity contribution in [1.29, 1.82) is 0 Å². The van der Waals surface area contributed by atoms with Gasteiger partial charge in [-0.15, -0.1) is 0 Å². The highest BCUT2D eigenvalue weighted by Crippen LogP contribution is 2.36. The summed E-state index contributed by atoms with van der Waals surface area (Å²) in [6.45, 7) is 6.76. The number of rotatable bonds is 6. The van der Waals surface area contributed by atoms with Crippen LogP contribution in [0.1, 0.15) is 80.5 Å². The van der Waals surface area contributed by atoms with E-state index in [-0.39, 0.29) is 50.2 Å². The van der Waals surface area contributed by atoms with Gasteiger partial charge in [0, 0.05) is 37.3 Å². The van der Waals surface area contributed by atoms with Gasteiger partial charge in [-0.2, -0.15) is 4.31 Å². The van der Waals surface area contributed by atoms with E-state index in [1.807, 2.05) is 26.0 Å². The van der Waals surface area contributed by atoms with Gasteiger partial charge >= 0.3 is 0 Å². The van der Waals surface area contributed by atoms with Crippen LogP contribution in [0.25, 0.3) is 6.08 Å². The Kier molecular flexibility index (Phi) is 7.54. The summed E-state index contributed by atoms with van der Waals surface area (Å²) in [4.78, 5) is 43.0. The van der Waals surface area contributed by atoms with Crippen LogP contribution in [0.15, 0.2) is 22.5 Å². The number of likely N-dealkylation sites (tertiary alicyclic amines) is 1. The Balaban J connectivity index is 1.24. The second kappa shape index (κ2) is 10.6. The summed E-state index contributed by atoms with van der Waals surface area (Å²) in [5.41, 5.74) is 2.52. The number of piperidine rings is 1. The van der Waals surface area contributed by atoms with Crippen LogP contribution in [-0.2, 0) is 31.0 Å². The first-order chi connectivity index (χ1) is 18.5. The lowest BCUT2D eigenvalue weighted by Crippen LogP contribution is -2.50. The molecular formula is C29H38N4O5S. The molecule has 3 heterocycles. The lowest BCUT2D eigenvalue weighted by atomic mass is 9.82. The van der Waals surface area contributed by atoms with E-state index in [9.17, 15) is 22.8 Å². The average Bonchev–Trinajstić information content (AvgIpc) is 3.37. The molecule has 0 atom stereocenters. The molecule has 1 aromatic carbocycles. The predicted octanol–water partition coefficient (Wildman–Crippen LogP) is 3.44. The van der Waals surface area contributed by atoms with Gasteiger partial charge in [-0.3, -0.25) is 24.3 Å². The minimum absolute atomic E-state index is 0.0904. The lowest BCUT2D eigenvalue weighted by Gasteiger charge is -2.34. The maximum Gasteiger partial charge on any atom is 0.253 e. The number of carbonyl (C=O) groups is 3. The van der Waals surface area contributed by atoms with Crippen LogP contribution < -0.4 is 5.32 Å². The van der Waals surface area contributed by atoms with Crippen molar-refractivity contribution in [2.24, 2.45) is 16.8 Å². The van der Waals surface area contributed by atoms with Crippen molar-refractivity contribution in [3.63, 3.8) is 0 Å². The highest BCUT2D eigenvalue weighted by molar-refractivity contribution is 7.92. The van der Waals surface area contributed by atoms with E-state index in [4.69, 9.17) is 4.99 Å².